The van der Waals surface area contributed by atoms with Gasteiger partial charge in [0.2, 0.25) is 5.91 Å². The van der Waals surface area contributed by atoms with Crippen LogP contribution >= 0.6 is 0 Å². The molecule has 1 aromatic rings. The molecule has 18 heavy (non-hydrogen) atoms. The van der Waals surface area contributed by atoms with Crippen LogP contribution in [0.1, 0.15) is 13.3 Å². The van der Waals surface area contributed by atoms with E-state index in [-0.39, 0.29) is 18.0 Å². The van der Waals surface area contributed by atoms with Crippen LogP contribution in [0.25, 0.3) is 0 Å². The molecule has 0 spiro atoms. The monoisotopic (exact) mass is 253 g/mol. The zero-order valence-electron chi connectivity index (χ0n) is 10.5. The summed E-state index contributed by atoms with van der Waals surface area (Å²) in [6, 6.07) is 1.40. The molecule has 0 aliphatic carbocycles. The van der Waals surface area contributed by atoms with Crippen molar-refractivity contribution in [2.75, 3.05) is 25.0 Å². The van der Waals surface area contributed by atoms with Crippen molar-refractivity contribution >= 4 is 11.6 Å². The molecule has 100 valence electrons. The Hall–Kier alpha value is -1.89. The Morgan fingerprint density at radius 3 is 2.89 bits per heavy atom. The molecule has 7 nitrogen and oxygen atoms in total. The number of hydrogen-bond acceptors (Lipinski definition) is 5. The van der Waals surface area contributed by atoms with Gasteiger partial charge in [-0.05, 0) is 6.42 Å². The SMILES string of the molecule is CCCNC(=O)Cn1ncc(NCCN)cc1=O. The van der Waals surface area contributed by atoms with Crippen molar-refractivity contribution in [3.8, 4) is 0 Å². The van der Waals surface area contributed by atoms with E-state index in [4.69, 9.17) is 5.73 Å². The number of rotatable bonds is 7. The molecule has 0 saturated heterocycles. The molecule has 0 radical (unpaired) electrons. The Labute approximate surface area is 105 Å². The maximum absolute atomic E-state index is 11.7. The summed E-state index contributed by atoms with van der Waals surface area (Å²) in [5, 5.41) is 9.55. The van der Waals surface area contributed by atoms with Crippen molar-refractivity contribution in [3.05, 3.63) is 22.6 Å². The lowest BCUT2D eigenvalue weighted by atomic mass is 10.4. The minimum absolute atomic E-state index is 0.0595. The third kappa shape index (κ3) is 4.54. The van der Waals surface area contributed by atoms with E-state index in [9.17, 15) is 9.59 Å². The van der Waals surface area contributed by atoms with Crippen LogP contribution in [0.3, 0.4) is 0 Å². The highest BCUT2D eigenvalue weighted by Crippen LogP contribution is 1.97. The molecule has 0 aromatic carbocycles. The van der Waals surface area contributed by atoms with Crippen LogP contribution in [0, 0.1) is 0 Å². The molecule has 0 saturated carbocycles. The van der Waals surface area contributed by atoms with Crippen LogP contribution in [-0.4, -0.2) is 35.3 Å². The molecule has 0 atom stereocenters. The van der Waals surface area contributed by atoms with Crippen molar-refractivity contribution in [2.24, 2.45) is 5.73 Å². The first-order chi connectivity index (χ1) is 8.67. The summed E-state index contributed by atoms with van der Waals surface area (Å²) in [6.45, 7) is 3.55. The van der Waals surface area contributed by atoms with E-state index >= 15 is 0 Å². The summed E-state index contributed by atoms with van der Waals surface area (Å²) in [5.74, 6) is -0.214. The zero-order valence-corrected chi connectivity index (χ0v) is 10.5. The van der Waals surface area contributed by atoms with E-state index < -0.39 is 0 Å². The van der Waals surface area contributed by atoms with Gasteiger partial charge in [-0.25, -0.2) is 4.68 Å². The van der Waals surface area contributed by atoms with Gasteiger partial charge in [-0.2, -0.15) is 5.10 Å². The van der Waals surface area contributed by atoms with Crippen molar-refractivity contribution < 1.29 is 4.79 Å². The number of anilines is 1. The van der Waals surface area contributed by atoms with Gasteiger partial charge in [0.25, 0.3) is 5.56 Å². The second-order valence-electron chi connectivity index (χ2n) is 3.81. The van der Waals surface area contributed by atoms with Crippen LogP contribution in [0.4, 0.5) is 5.69 Å². The summed E-state index contributed by atoms with van der Waals surface area (Å²) in [6.07, 6.45) is 2.36. The average molecular weight is 253 g/mol. The molecule has 7 heteroatoms. The second-order valence-corrected chi connectivity index (χ2v) is 3.81. The Bertz CT molecular complexity index is 443. The van der Waals surface area contributed by atoms with Crippen LogP contribution in [0.2, 0.25) is 0 Å². The van der Waals surface area contributed by atoms with Gasteiger partial charge >= 0.3 is 0 Å². The maximum atomic E-state index is 11.7. The normalized spacial score (nSPS) is 10.1. The lowest BCUT2D eigenvalue weighted by Crippen LogP contribution is -2.33. The van der Waals surface area contributed by atoms with Gasteiger partial charge < -0.3 is 16.4 Å². The van der Waals surface area contributed by atoms with E-state index in [2.05, 4.69) is 15.7 Å². The topological polar surface area (TPSA) is 102 Å². The molecule has 0 unspecified atom stereocenters. The standard InChI is InChI=1S/C11H19N5O2/c1-2-4-14-10(17)8-16-11(18)6-9(7-15-16)13-5-3-12/h6-7,13H,2-5,8,12H2,1H3,(H,14,17). The first-order valence-electron chi connectivity index (χ1n) is 5.95. The van der Waals surface area contributed by atoms with Crippen LogP contribution < -0.4 is 21.9 Å². The number of carbonyl (C=O) groups excluding carboxylic acids is 1. The van der Waals surface area contributed by atoms with E-state index in [1.54, 1.807) is 0 Å². The predicted molar refractivity (Wildman–Crippen MR) is 69.3 cm³/mol. The molecule has 4 N–H and O–H groups in total. The van der Waals surface area contributed by atoms with Gasteiger partial charge in [-0.3, -0.25) is 9.59 Å². The molecule has 0 aliphatic heterocycles. The largest absolute Gasteiger partial charge is 0.382 e. The molecule has 1 amide bonds. The van der Waals surface area contributed by atoms with E-state index in [1.807, 2.05) is 6.92 Å². The number of carbonyl (C=O) groups is 1. The first kappa shape index (κ1) is 14.2. The van der Waals surface area contributed by atoms with Gasteiger partial charge in [0.1, 0.15) is 6.54 Å². The van der Waals surface area contributed by atoms with Gasteiger partial charge in [0, 0.05) is 25.7 Å². The Balaban J connectivity index is 2.62. The molecular weight excluding hydrogens is 234 g/mol. The van der Waals surface area contributed by atoms with Gasteiger partial charge in [0.15, 0.2) is 0 Å². The van der Waals surface area contributed by atoms with Crippen molar-refractivity contribution in [2.45, 2.75) is 19.9 Å². The Kier molecular flexibility index (Phi) is 5.86. The quantitative estimate of drug-likeness (QED) is 0.587. The van der Waals surface area contributed by atoms with Gasteiger partial charge in [-0.1, -0.05) is 6.92 Å². The molecular formula is C11H19N5O2. The summed E-state index contributed by atoms with van der Waals surface area (Å²) < 4.78 is 1.12. The first-order valence-corrected chi connectivity index (χ1v) is 5.95. The maximum Gasteiger partial charge on any atom is 0.269 e. The fourth-order valence-corrected chi connectivity index (χ4v) is 1.32. The van der Waals surface area contributed by atoms with Crippen molar-refractivity contribution in [1.29, 1.82) is 0 Å². The number of nitrogens with two attached hydrogens (primary N) is 1. The highest BCUT2D eigenvalue weighted by Gasteiger charge is 2.05. The summed E-state index contributed by atoms with van der Waals surface area (Å²) in [4.78, 5) is 23.1. The Morgan fingerprint density at radius 1 is 1.50 bits per heavy atom. The molecule has 0 bridgehead atoms. The third-order valence-electron chi connectivity index (χ3n) is 2.21. The number of nitrogens with one attached hydrogen (secondary N) is 2. The predicted octanol–water partition coefficient (Wildman–Crippen LogP) is -0.860. The van der Waals surface area contributed by atoms with Crippen molar-refractivity contribution in [3.63, 3.8) is 0 Å². The van der Waals surface area contributed by atoms with E-state index in [1.165, 1.54) is 12.3 Å². The van der Waals surface area contributed by atoms with E-state index in [0.717, 1.165) is 11.1 Å². The fourth-order valence-electron chi connectivity index (χ4n) is 1.32. The molecule has 1 rings (SSSR count). The lowest BCUT2D eigenvalue weighted by Gasteiger charge is -2.07. The second kappa shape index (κ2) is 7.44. The van der Waals surface area contributed by atoms with Crippen LogP contribution in [-0.2, 0) is 11.3 Å². The number of amides is 1. The average Bonchev–Trinajstić information content (AvgIpc) is 2.36. The number of nitrogens with zero attached hydrogens (tertiary/aromatic N) is 2. The van der Waals surface area contributed by atoms with Crippen LogP contribution in [0.15, 0.2) is 17.1 Å². The third-order valence-corrected chi connectivity index (χ3v) is 2.21. The zero-order chi connectivity index (χ0) is 13.4. The lowest BCUT2D eigenvalue weighted by molar-refractivity contribution is -0.121. The molecule has 1 aromatic heterocycles. The smallest absolute Gasteiger partial charge is 0.269 e. The summed E-state index contributed by atoms with van der Waals surface area (Å²) >= 11 is 0. The number of aromatic nitrogens is 2. The summed E-state index contributed by atoms with van der Waals surface area (Å²) in [7, 11) is 0. The minimum Gasteiger partial charge on any atom is -0.382 e. The van der Waals surface area contributed by atoms with E-state index in [0.29, 0.717) is 25.3 Å². The minimum atomic E-state index is -0.316. The van der Waals surface area contributed by atoms with Crippen molar-refractivity contribution in [1.82, 2.24) is 15.1 Å². The van der Waals surface area contributed by atoms with Crippen LogP contribution in [0.5, 0.6) is 0 Å². The molecule has 0 fully saturated rings. The molecule has 1 heterocycles. The highest BCUT2D eigenvalue weighted by molar-refractivity contribution is 5.75. The Morgan fingerprint density at radius 2 is 2.28 bits per heavy atom. The highest BCUT2D eigenvalue weighted by atomic mass is 16.2. The van der Waals surface area contributed by atoms with Gasteiger partial charge in [0.05, 0.1) is 11.9 Å². The summed E-state index contributed by atoms with van der Waals surface area (Å²) in [5.41, 5.74) is 5.63. The van der Waals surface area contributed by atoms with Gasteiger partial charge in [-0.15, -0.1) is 0 Å². The molecule has 0 aliphatic rings. The number of hydrogen-bond donors (Lipinski definition) is 3. The fraction of sp³-hybridized carbons (Fsp3) is 0.545.